The zero-order chi connectivity index (χ0) is 10.6. The summed E-state index contributed by atoms with van der Waals surface area (Å²) in [5.74, 6) is 6.58. The summed E-state index contributed by atoms with van der Waals surface area (Å²) in [7, 11) is 1.63. The van der Waals surface area contributed by atoms with Crippen LogP contribution in [0, 0.1) is 0 Å². The first-order valence-corrected chi connectivity index (χ1v) is 4.58. The molecule has 14 heavy (non-hydrogen) atoms. The van der Waals surface area contributed by atoms with Crippen LogP contribution in [0.1, 0.15) is 31.5 Å². The summed E-state index contributed by atoms with van der Waals surface area (Å²) in [6.07, 6.45) is 0.731. The standard InChI is InChI=1S/C9H16N4O/c1-4-7-5-8(13-10)12-9(11-7)6(2)14-3/h5-6H,4,10H2,1-3H3,(H,11,12,13). The first-order valence-electron chi connectivity index (χ1n) is 4.58. The molecule has 0 saturated heterocycles. The molecular formula is C9H16N4O. The number of nitrogens with one attached hydrogen (secondary N) is 1. The monoisotopic (exact) mass is 196 g/mol. The van der Waals surface area contributed by atoms with Crippen LogP contribution >= 0.6 is 0 Å². The van der Waals surface area contributed by atoms with Gasteiger partial charge in [-0.3, -0.25) is 0 Å². The molecular weight excluding hydrogens is 180 g/mol. The molecule has 5 nitrogen and oxygen atoms in total. The Labute approximate surface area is 83.7 Å². The number of hydrogen-bond donors (Lipinski definition) is 2. The third-order valence-electron chi connectivity index (χ3n) is 2.02. The van der Waals surface area contributed by atoms with Crippen LogP contribution in [-0.2, 0) is 11.2 Å². The Morgan fingerprint density at radius 3 is 2.79 bits per heavy atom. The predicted octanol–water partition coefficient (Wildman–Crippen LogP) is 1.03. The highest BCUT2D eigenvalue weighted by atomic mass is 16.5. The minimum Gasteiger partial charge on any atom is -0.374 e. The number of methoxy groups -OCH3 is 1. The van der Waals surface area contributed by atoms with E-state index in [-0.39, 0.29) is 6.10 Å². The van der Waals surface area contributed by atoms with E-state index in [9.17, 15) is 0 Å². The van der Waals surface area contributed by atoms with E-state index in [4.69, 9.17) is 10.6 Å². The molecule has 0 radical (unpaired) electrons. The molecule has 1 aromatic heterocycles. The summed E-state index contributed by atoms with van der Waals surface area (Å²) in [5, 5.41) is 0. The van der Waals surface area contributed by atoms with Crippen molar-refractivity contribution in [1.29, 1.82) is 0 Å². The SMILES string of the molecule is CCc1cc(NN)nc(C(C)OC)n1. The summed E-state index contributed by atoms with van der Waals surface area (Å²) in [4.78, 5) is 8.54. The Bertz CT molecular complexity index is 281. The fourth-order valence-corrected chi connectivity index (χ4v) is 1.06. The van der Waals surface area contributed by atoms with Gasteiger partial charge in [0.05, 0.1) is 0 Å². The first-order chi connectivity index (χ1) is 6.71. The van der Waals surface area contributed by atoms with Gasteiger partial charge in [0.25, 0.3) is 0 Å². The maximum atomic E-state index is 5.30. The van der Waals surface area contributed by atoms with Crippen molar-refractivity contribution in [2.45, 2.75) is 26.4 Å². The highest BCUT2D eigenvalue weighted by molar-refractivity contribution is 5.34. The lowest BCUT2D eigenvalue weighted by Crippen LogP contribution is -2.13. The van der Waals surface area contributed by atoms with Crippen LogP contribution in [0.3, 0.4) is 0 Å². The smallest absolute Gasteiger partial charge is 0.159 e. The average molecular weight is 196 g/mol. The Morgan fingerprint density at radius 2 is 2.29 bits per heavy atom. The fourth-order valence-electron chi connectivity index (χ4n) is 1.06. The van der Waals surface area contributed by atoms with Gasteiger partial charge in [0.1, 0.15) is 11.9 Å². The highest BCUT2D eigenvalue weighted by Crippen LogP contribution is 2.14. The molecule has 1 heterocycles. The number of anilines is 1. The third-order valence-corrected chi connectivity index (χ3v) is 2.02. The summed E-state index contributed by atoms with van der Waals surface area (Å²) >= 11 is 0. The molecule has 3 N–H and O–H groups in total. The van der Waals surface area contributed by atoms with Gasteiger partial charge in [0, 0.05) is 18.9 Å². The number of nitrogens with two attached hydrogens (primary N) is 1. The van der Waals surface area contributed by atoms with Crippen molar-refractivity contribution in [3.8, 4) is 0 Å². The van der Waals surface area contributed by atoms with Crippen LogP contribution in [0.4, 0.5) is 5.82 Å². The minimum absolute atomic E-state index is 0.117. The first kappa shape index (κ1) is 10.9. The molecule has 0 aliphatic heterocycles. The third kappa shape index (κ3) is 2.40. The number of hydrogen-bond acceptors (Lipinski definition) is 5. The Morgan fingerprint density at radius 1 is 1.57 bits per heavy atom. The van der Waals surface area contributed by atoms with E-state index in [2.05, 4.69) is 15.4 Å². The van der Waals surface area contributed by atoms with Crippen molar-refractivity contribution >= 4 is 5.82 Å². The summed E-state index contributed by atoms with van der Waals surface area (Å²) in [5.41, 5.74) is 3.47. The molecule has 1 rings (SSSR count). The maximum absolute atomic E-state index is 5.30. The van der Waals surface area contributed by atoms with Crippen molar-refractivity contribution in [3.05, 3.63) is 17.6 Å². The number of nitrogens with zero attached hydrogens (tertiary/aromatic N) is 2. The molecule has 0 spiro atoms. The van der Waals surface area contributed by atoms with Gasteiger partial charge in [-0.25, -0.2) is 15.8 Å². The van der Waals surface area contributed by atoms with Gasteiger partial charge < -0.3 is 10.2 Å². The number of aryl methyl sites for hydroxylation is 1. The van der Waals surface area contributed by atoms with E-state index in [1.54, 1.807) is 7.11 Å². The van der Waals surface area contributed by atoms with Gasteiger partial charge in [-0.1, -0.05) is 6.92 Å². The normalized spacial score (nSPS) is 12.6. The molecule has 1 atom stereocenters. The molecule has 1 unspecified atom stereocenters. The molecule has 0 aliphatic rings. The van der Waals surface area contributed by atoms with E-state index in [1.165, 1.54) is 0 Å². The van der Waals surface area contributed by atoms with Crippen LogP contribution in [-0.4, -0.2) is 17.1 Å². The molecule has 0 bridgehead atoms. The number of hydrazine groups is 1. The van der Waals surface area contributed by atoms with Crippen molar-refractivity contribution < 1.29 is 4.74 Å². The lowest BCUT2D eigenvalue weighted by atomic mass is 10.3. The van der Waals surface area contributed by atoms with Crippen LogP contribution < -0.4 is 11.3 Å². The summed E-state index contributed by atoms with van der Waals surface area (Å²) in [6.45, 7) is 3.93. The molecule has 0 aromatic carbocycles. The van der Waals surface area contributed by atoms with Crippen molar-refractivity contribution in [2.24, 2.45) is 5.84 Å². The minimum atomic E-state index is -0.117. The molecule has 0 fully saturated rings. The number of nitrogen functional groups attached to an aromatic ring is 1. The van der Waals surface area contributed by atoms with E-state index in [0.29, 0.717) is 11.6 Å². The maximum Gasteiger partial charge on any atom is 0.159 e. The molecule has 0 aliphatic carbocycles. The van der Waals surface area contributed by atoms with Crippen LogP contribution in [0.25, 0.3) is 0 Å². The fraction of sp³-hybridized carbons (Fsp3) is 0.556. The molecule has 5 heteroatoms. The second-order valence-electron chi connectivity index (χ2n) is 2.98. The highest BCUT2D eigenvalue weighted by Gasteiger charge is 2.09. The lowest BCUT2D eigenvalue weighted by Gasteiger charge is -2.10. The van der Waals surface area contributed by atoms with Gasteiger partial charge in [0.15, 0.2) is 5.82 Å². The van der Waals surface area contributed by atoms with Crippen LogP contribution in [0.15, 0.2) is 6.07 Å². The Hall–Kier alpha value is -1.20. The van der Waals surface area contributed by atoms with E-state index in [1.807, 2.05) is 19.9 Å². The van der Waals surface area contributed by atoms with Gasteiger partial charge in [-0.15, -0.1) is 0 Å². The van der Waals surface area contributed by atoms with Crippen LogP contribution in [0.5, 0.6) is 0 Å². The number of rotatable bonds is 4. The average Bonchev–Trinajstić information content (AvgIpc) is 2.27. The second kappa shape index (κ2) is 4.88. The molecule has 1 aromatic rings. The van der Waals surface area contributed by atoms with Crippen molar-refractivity contribution in [2.75, 3.05) is 12.5 Å². The largest absolute Gasteiger partial charge is 0.374 e. The van der Waals surface area contributed by atoms with Gasteiger partial charge in [-0.05, 0) is 13.3 Å². The van der Waals surface area contributed by atoms with Crippen LogP contribution in [0.2, 0.25) is 0 Å². The van der Waals surface area contributed by atoms with Gasteiger partial charge in [0.2, 0.25) is 0 Å². The molecule has 0 amide bonds. The van der Waals surface area contributed by atoms with E-state index < -0.39 is 0 Å². The Balaban J connectivity index is 3.04. The van der Waals surface area contributed by atoms with E-state index >= 15 is 0 Å². The second-order valence-corrected chi connectivity index (χ2v) is 2.98. The van der Waals surface area contributed by atoms with Gasteiger partial charge >= 0.3 is 0 Å². The summed E-state index contributed by atoms with van der Waals surface area (Å²) < 4.78 is 5.14. The summed E-state index contributed by atoms with van der Waals surface area (Å²) in [6, 6.07) is 1.83. The number of aromatic nitrogens is 2. The van der Waals surface area contributed by atoms with E-state index in [0.717, 1.165) is 12.1 Å². The van der Waals surface area contributed by atoms with Gasteiger partial charge in [-0.2, -0.15) is 0 Å². The molecule has 0 saturated carbocycles. The van der Waals surface area contributed by atoms with Crippen molar-refractivity contribution in [1.82, 2.24) is 9.97 Å². The van der Waals surface area contributed by atoms with Crippen molar-refractivity contribution in [3.63, 3.8) is 0 Å². The quantitative estimate of drug-likeness (QED) is 0.556. The predicted molar refractivity (Wildman–Crippen MR) is 54.6 cm³/mol. The zero-order valence-corrected chi connectivity index (χ0v) is 8.74. The lowest BCUT2D eigenvalue weighted by molar-refractivity contribution is 0.112. The zero-order valence-electron chi connectivity index (χ0n) is 8.74. The number of ether oxygens (including phenoxy) is 1. The topological polar surface area (TPSA) is 73.1 Å². The Kier molecular flexibility index (Phi) is 3.79. The molecule has 78 valence electrons.